The zero-order valence-electron chi connectivity index (χ0n) is 52.5. The number of aliphatic hydroxyl groups is 2. The van der Waals surface area contributed by atoms with Crippen LogP contribution in [-0.2, 0) is 14.3 Å². The lowest BCUT2D eigenvalue weighted by Crippen LogP contribution is -2.45. The molecule has 0 bridgehead atoms. The van der Waals surface area contributed by atoms with Crippen molar-refractivity contribution < 1.29 is 24.5 Å². The summed E-state index contributed by atoms with van der Waals surface area (Å²) in [7, 11) is 0. The van der Waals surface area contributed by atoms with E-state index in [1.54, 1.807) is 0 Å². The molecule has 0 aliphatic rings. The van der Waals surface area contributed by atoms with Crippen molar-refractivity contribution in [1.82, 2.24) is 5.32 Å². The fourth-order valence-electron chi connectivity index (χ4n) is 11.4. The third-order valence-electron chi connectivity index (χ3n) is 16.8. The van der Waals surface area contributed by atoms with E-state index in [1.807, 2.05) is 0 Å². The van der Waals surface area contributed by atoms with Gasteiger partial charge in [-0.1, -0.05) is 353 Å². The van der Waals surface area contributed by atoms with Gasteiger partial charge in [-0.05, 0) is 51.4 Å². The highest BCUT2D eigenvalue weighted by atomic mass is 16.5. The molecule has 0 aliphatic carbocycles. The number of aliphatic hydroxyl groups excluding tert-OH is 2. The van der Waals surface area contributed by atoms with Gasteiger partial charge in [0.1, 0.15) is 0 Å². The van der Waals surface area contributed by atoms with E-state index in [2.05, 4.69) is 31.3 Å². The molecule has 0 aromatic carbocycles. The minimum Gasteiger partial charge on any atom is -0.466 e. The predicted octanol–water partition coefficient (Wildman–Crippen LogP) is 22.8. The first-order chi connectivity index (χ1) is 38.0. The first-order valence-corrected chi connectivity index (χ1v) is 35.4. The number of esters is 1. The van der Waals surface area contributed by atoms with Gasteiger partial charge in [-0.25, -0.2) is 0 Å². The first kappa shape index (κ1) is 75.6. The van der Waals surface area contributed by atoms with E-state index in [0.29, 0.717) is 25.9 Å². The van der Waals surface area contributed by atoms with E-state index in [0.717, 1.165) is 44.9 Å². The number of hydrogen-bond donors (Lipinski definition) is 3. The second-order valence-electron chi connectivity index (χ2n) is 24.6. The van der Waals surface area contributed by atoms with Crippen molar-refractivity contribution in [3.63, 3.8) is 0 Å². The fraction of sp³-hybridized carbons (Fsp3) is 0.944. The molecule has 0 aliphatic heterocycles. The normalized spacial score (nSPS) is 12.5. The van der Waals surface area contributed by atoms with Gasteiger partial charge in [-0.15, -0.1) is 0 Å². The fourth-order valence-corrected chi connectivity index (χ4v) is 11.4. The van der Waals surface area contributed by atoms with Crippen LogP contribution in [0.25, 0.3) is 0 Å². The Hall–Kier alpha value is -1.40. The van der Waals surface area contributed by atoms with Crippen molar-refractivity contribution in [2.75, 3.05) is 13.2 Å². The van der Waals surface area contributed by atoms with Crippen LogP contribution in [0.15, 0.2) is 12.2 Å². The molecule has 0 aromatic heterocycles. The summed E-state index contributed by atoms with van der Waals surface area (Å²) in [6.45, 7) is 4.97. The Kier molecular flexibility index (Phi) is 65.9. The van der Waals surface area contributed by atoms with Crippen molar-refractivity contribution in [3.8, 4) is 0 Å². The van der Waals surface area contributed by atoms with Crippen LogP contribution in [0.3, 0.4) is 0 Å². The van der Waals surface area contributed by atoms with Crippen molar-refractivity contribution in [1.29, 1.82) is 0 Å². The molecule has 2 atom stereocenters. The van der Waals surface area contributed by atoms with Crippen molar-refractivity contribution in [3.05, 3.63) is 12.2 Å². The molecule has 3 N–H and O–H groups in total. The van der Waals surface area contributed by atoms with Gasteiger partial charge in [0.25, 0.3) is 0 Å². The maximum absolute atomic E-state index is 12.6. The number of carbonyl (C=O) groups is 2. The highest BCUT2D eigenvalue weighted by molar-refractivity contribution is 5.76. The van der Waals surface area contributed by atoms with Gasteiger partial charge >= 0.3 is 5.97 Å². The van der Waals surface area contributed by atoms with Gasteiger partial charge in [0.05, 0.1) is 25.4 Å². The predicted molar refractivity (Wildman–Crippen MR) is 338 cm³/mol. The summed E-state index contributed by atoms with van der Waals surface area (Å²) in [5.41, 5.74) is 0. The minimum atomic E-state index is -0.663. The third-order valence-corrected chi connectivity index (χ3v) is 16.8. The zero-order chi connectivity index (χ0) is 55.7. The van der Waals surface area contributed by atoms with E-state index in [-0.39, 0.29) is 18.5 Å². The highest BCUT2D eigenvalue weighted by Gasteiger charge is 2.20. The summed E-state index contributed by atoms with van der Waals surface area (Å²) in [6.07, 6.45) is 82.6. The Morgan fingerprint density at radius 3 is 0.948 bits per heavy atom. The van der Waals surface area contributed by atoms with E-state index in [9.17, 15) is 19.8 Å². The Balaban J connectivity index is 3.36. The average Bonchev–Trinajstić information content (AvgIpc) is 3.43. The molecule has 0 fully saturated rings. The molecule has 458 valence electrons. The Bertz CT molecular complexity index is 1160. The molecule has 0 spiro atoms. The number of hydrogen-bond acceptors (Lipinski definition) is 5. The Morgan fingerprint density at radius 1 is 0.351 bits per heavy atom. The van der Waals surface area contributed by atoms with Crippen LogP contribution in [0, 0.1) is 0 Å². The second-order valence-corrected chi connectivity index (χ2v) is 24.6. The van der Waals surface area contributed by atoms with Crippen LogP contribution in [0.2, 0.25) is 0 Å². The Labute approximate surface area is 482 Å². The summed E-state index contributed by atoms with van der Waals surface area (Å²) >= 11 is 0. The molecule has 0 aromatic rings. The van der Waals surface area contributed by atoms with Gasteiger partial charge in [-0.3, -0.25) is 9.59 Å². The summed E-state index contributed by atoms with van der Waals surface area (Å²) in [6, 6.07) is -0.540. The Morgan fingerprint density at radius 2 is 0.610 bits per heavy atom. The molecule has 0 radical (unpaired) electrons. The van der Waals surface area contributed by atoms with E-state index in [4.69, 9.17) is 4.74 Å². The van der Waals surface area contributed by atoms with Crippen molar-refractivity contribution >= 4 is 11.9 Å². The number of unbranched alkanes of at least 4 members (excludes halogenated alkanes) is 54. The summed E-state index contributed by atoms with van der Waals surface area (Å²) in [5.74, 6) is -0.0195. The van der Waals surface area contributed by atoms with E-state index < -0.39 is 12.1 Å². The van der Waals surface area contributed by atoms with Gasteiger partial charge in [0, 0.05) is 12.8 Å². The van der Waals surface area contributed by atoms with E-state index >= 15 is 0 Å². The second kappa shape index (κ2) is 67.1. The van der Waals surface area contributed by atoms with Crippen LogP contribution in [-0.4, -0.2) is 47.4 Å². The first-order valence-electron chi connectivity index (χ1n) is 35.4. The molecule has 1 amide bonds. The molecular formula is C71H139NO5. The molecule has 0 saturated heterocycles. The molecule has 77 heavy (non-hydrogen) atoms. The molecular weight excluding hydrogens is 947 g/mol. The number of rotatable bonds is 67. The number of amides is 1. The standard InChI is InChI=1S/C71H139NO5/c1-3-5-7-9-11-13-15-17-18-19-20-21-28-31-34-37-40-43-47-51-55-59-63-69(74)68(67-73)72-70(75)64-60-56-52-48-44-41-38-35-32-29-26-24-22-23-25-27-30-33-36-39-42-46-50-54-58-62-66-77-71(76)65-61-57-53-49-45-16-14-12-10-8-6-4-2/h12,14,68-69,73-74H,3-11,13,15-67H2,1-2H3,(H,72,75)/b14-12-. The van der Waals surface area contributed by atoms with Crippen LogP contribution in [0.1, 0.15) is 406 Å². The number of nitrogens with one attached hydrogen (secondary N) is 1. The van der Waals surface area contributed by atoms with Gasteiger partial charge in [0.2, 0.25) is 5.91 Å². The number of ether oxygens (including phenoxy) is 1. The van der Waals surface area contributed by atoms with Gasteiger partial charge < -0.3 is 20.3 Å². The third kappa shape index (κ3) is 63.6. The molecule has 6 nitrogen and oxygen atoms in total. The lowest BCUT2D eigenvalue weighted by molar-refractivity contribution is -0.143. The van der Waals surface area contributed by atoms with Crippen LogP contribution in [0.4, 0.5) is 0 Å². The maximum Gasteiger partial charge on any atom is 0.305 e. The topological polar surface area (TPSA) is 95.9 Å². The molecule has 2 unspecified atom stereocenters. The van der Waals surface area contributed by atoms with Crippen LogP contribution >= 0.6 is 0 Å². The lowest BCUT2D eigenvalue weighted by Gasteiger charge is -2.22. The quantitative estimate of drug-likeness (QED) is 0.0320. The molecule has 0 saturated carbocycles. The smallest absolute Gasteiger partial charge is 0.305 e. The summed E-state index contributed by atoms with van der Waals surface area (Å²) in [4.78, 5) is 24.6. The molecule has 0 rings (SSSR count). The van der Waals surface area contributed by atoms with Gasteiger partial charge in [0.15, 0.2) is 0 Å². The largest absolute Gasteiger partial charge is 0.466 e. The summed E-state index contributed by atoms with van der Waals surface area (Å²) < 4.78 is 5.47. The molecule has 0 heterocycles. The van der Waals surface area contributed by atoms with Crippen molar-refractivity contribution in [2.45, 2.75) is 418 Å². The number of allylic oxidation sites excluding steroid dienone is 2. The lowest BCUT2D eigenvalue weighted by atomic mass is 10.0. The minimum absolute atomic E-state index is 0.00818. The average molecular weight is 1090 g/mol. The number of carbonyl (C=O) groups excluding carboxylic acids is 2. The van der Waals surface area contributed by atoms with Crippen LogP contribution < -0.4 is 5.32 Å². The highest BCUT2D eigenvalue weighted by Crippen LogP contribution is 2.19. The SMILES string of the molecule is CCCCC/C=C\CCCCCCCC(=O)OCCCCCCCCCCCCCCCCCCCCCCCCCCCCC(=O)NC(CO)C(O)CCCCCCCCCCCCCCCCCCCCCCCC. The maximum atomic E-state index is 12.6. The summed E-state index contributed by atoms with van der Waals surface area (Å²) in [5, 5.41) is 23.4. The monoisotopic (exact) mass is 1090 g/mol. The van der Waals surface area contributed by atoms with Crippen molar-refractivity contribution in [2.24, 2.45) is 0 Å². The zero-order valence-corrected chi connectivity index (χ0v) is 52.5. The van der Waals surface area contributed by atoms with Crippen LogP contribution in [0.5, 0.6) is 0 Å². The van der Waals surface area contributed by atoms with E-state index in [1.165, 1.54) is 327 Å². The van der Waals surface area contributed by atoms with Gasteiger partial charge in [-0.2, -0.15) is 0 Å². The molecule has 6 heteroatoms.